The van der Waals surface area contributed by atoms with Crippen LogP contribution in [-0.4, -0.2) is 28.8 Å². The molecule has 1 aromatic rings. The van der Waals surface area contributed by atoms with Crippen LogP contribution in [0.5, 0.6) is 5.75 Å². The average molecular weight is 314 g/mol. The molecule has 19 heavy (non-hydrogen) atoms. The Bertz CT molecular complexity index is 572. The number of nitrogens with zero attached hydrogens (tertiary/aromatic N) is 1. The minimum atomic E-state index is -0.0833. The van der Waals surface area contributed by atoms with Crippen LogP contribution in [0.25, 0.3) is 6.08 Å². The highest BCUT2D eigenvalue weighted by molar-refractivity contribution is 8.26. The van der Waals surface area contributed by atoms with Gasteiger partial charge in [-0.2, -0.15) is 0 Å². The molecule has 0 spiro atoms. The third kappa shape index (κ3) is 3.11. The lowest BCUT2D eigenvalue weighted by molar-refractivity contribution is -0.121. The molecule has 0 aromatic heterocycles. The number of rotatable bonds is 3. The van der Waals surface area contributed by atoms with Crippen LogP contribution in [0, 0.1) is 0 Å². The molecule has 0 aliphatic carbocycles. The highest BCUT2D eigenvalue weighted by Crippen LogP contribution is 2.33. The second kappa shape index (κ2) is 5.94. The lowest BCUT2D eigenvalue weighted by Crippen LogP contribution is -2.22. The van der Waals surface area contributed by atoms with Gasteiger partial charge in [0.05, 0.1) is 16.5 Å². The summed E-state index contributed by atoms with van der Waals surface area (Å²) in [5.41, 5.74) is 0.849. The standard InChI is InChI=1S/C13H12ClNO2S2/c1-3-17-10-5-4-8(6-9(10)14)7-11-12(16)15(2)13(18)19-11/h4-7H,3H2,1-2H3. The average Bonchev–Trinajstić information content (AvgIpc) is 2.61. The lowest BCUT2D eigenvalue weighted by atomic mass is 10.2. The molecule has 6 heteroatoms. The van der Waals surface area contributed by atoms with Gasteiger partial charge >= 0.3 is 0 Å². The highest BCUT2D eigenvalue weighted by Gasteiger charge is 2.28. The first kappa shape index (κ1) is 14.4. The number of carbonyl (C=O) groups excluding carboxylic acids is 1. The molecule has 1 saturated heterocycles. The zero-order valence-electron chi connectivity index (χ0n) is 10.5. The third-order valence-electron chi connectivity index (χ3n) is 2.54. The first-order chi connectivity index (χ1) is 9.02. The summed E-state index contributed by atoms with van der Waals surface area (Å²) >= 11 is 12.5. The Morgan fingerprint density at radius 3 is 2.79 bits per heavy atom. The Kier molecular flexibility index (Phi) is 4.50. The molecule has 2 rings (SSSR count). The van der Waals surface area contributed by atoms with Gasteiger partial charge in [0, 0.05) is 7.05 Å². The van der Waals surface area contributed by atoms with Crippen molar-refractivity contribution < 1.29 is 9.53 Å². The van der Waals surface area contributed by atoms with Crippen molar-refractivity contribution in [3.63, 3.8) is 0 Å². The summed E-state index contributed by atoms with van der Waals surface area (Å²) in [5.74, 6) is 0.560. The van der Waals surface area contributed by atoms with Crippen molar-refractivity contribution in [1.29, 1.82) is 0 Å². The van der Waals surface area contributed by atoms with E-state index in [-0.39, 0.29) is 5.91 Å². The molecule has 1 heterocycles. The van der Waals surface area contributed by atoms with Crippen LogP contribution >= 0.6 is 35.6 Å². The first-order valence-electron chi connectivity index (χ1n) is 5.67. The third-order valence-corrected chi connectivity index (χ3v) is 4.32. The van der Waals surface area contributed by atoms with Crippen LogP contribution < -0.4 is 4.74 Å². The van der Waals surface area contributed by atoms with Crippen LogP contribution in [0.3, 0.4) is 0 Å². The molecule has 1 aliphatic rings. The molecule has 0 radical (unpaired) electrons. The molecule has 0 saturated carbocycles. The van der Waals surface area contributed by atoms with Crippen molar-refractivity contribution in [3.8, 4) is 5.75 Å². The normalized spacial score (nSPS) is 17.4. The zero-order chi connectivity index (χ0) is 14.0. The number of amides is 1. The number of ether oxygens (including phenoxy) is 1. The van der Waals surface area contributed by atoms with Gasteiger partial charge in [0.15, 0.2) is 0 Å². The van der Waals surface area contributed by atoms with E-state index in [4.69, 9.17) is 28.6 Å². The maximum absolute atomic E-state index is 11.9. The molecular formula is C13H12ClNO2S2. The largest absolute Gasteiger partial charge is 0.492 e. The Morgan fingerprint density at radius 1 is 1.53 bits per heavy atom. The maximum atomic E-state index is 11.9. The Morgan fingerprint density at radius 2 is 2.26 bits per heavy atom. The Hall–Kier alpha value is -1.04. The van der Waals surface area contributed by atoms with Gasteiger partial charge in [-0.05, 0) is 30.7 Å². The van der Waals surface area contributed by atoms with Crippen LogP contribution in [0.1, 0.15) is 12.5 Å². The van der Waals surface area contributed by atoms with Gasteiger partial charge in [0.1, 0.15) is 10.1 Å². The van der Waals surface area contributed by atoms with E-state index in [1.807, 2.05) is 13.0 Å². The molecule has 3 nitrogen and oxygen atoms in total. The molecule has 0 atom stereocenters. The molecule has 1 aromatic carbocycles. The monoisotopic (exact) mass is 313 g/mol. The molecule has 100 valence electrons. The van der Waals surface area contributed by atoms with Crippen LogP contribution in [-0.2, 0) is 4.79 Å². The minimum absolute atomic E-state index is 0.0833. The van der Waals surface area contributed by atoms with E-state index in [2.05, 4.69) is 0 Å². The zero-order valence-corrected chi connectivity index (χ0v) is 12.9. The number of likely N-dealkylation sites (N-methyl/N-ethyl adjacent to an activating group) is 1. The Labute approximate surface area is 126 Å². The van der Waals surface area contributed by atoms with Crippen molar-refractivity contribution in [3.05, 3.63) is 33.7 Å². The smallest absolute Gasteiger partial charge is 0.265 e. The summed E-state index contributed by atoms with van der Waals surface area (Å²) < 4.78 is 5.93. The van der Waals surface area contributed by atoms with E-state index < -0.39 is 0 Å². The number of thioether (sulfide) groups is 1. The molecule has 1 aliphatic heterocycles. The summed E-state index contributed by atoms with van der Waals surface area (Å²) in [5, 5.41) is 0.530. The van der Waals surface area contributed by atoms with E-state index in [1.54, 1.807) is 25.3 Å². The lowest BCUT2D eigenvalue weighted by Gasteiger charge is -2.06. The molecule has 0 N–H and O–H groups in total. The number of thiocarbonyl (C=S) groups is 1. The van der Waals surface area contributed by atoms with Crippen LogP contribution in [0.15, 0.2) is 23.1 Å². The van der Waals surface area contributed by atoms with Gasteiger partial charge in [0.2, 0.25) is 0 Å². The predicted octanol–water partition coefficient (Wildman–Crippen LogP) is 3.57. The van der Waals surface area contributed by atoms with Gasteiger partial charge in [-0.3, -0.25) is 9.69 Å². The summed E-state index contributed by atoms with van der Waals surface area (Å²) in [7, 11) is 1.67. The molecule has 0 unspecified atom stereocenters. The second-order valence-corrected chi connectivity index (χ2v) is 5.95. The van der Waals surface area contributed by atoms with Gasteiger partial charge in [-0.25, -0.2) is 0 Å². The number of carbonyl (C=O) groups is 1. The SMILES string of the molecule is CCOc1ccc(C=C2SC(=S)N(C)C2=O)cc1Cl. The Balaban J connectivity index is 2.27. The fourth-order valence-electron chi connectivity index (χ4n) is 1.58. The predicted molar refractivity (Wildman–Crippen MR) is 83.6 cm³/mol. The number of benzene rings is 1. The summed E-state index contributed by atoms with van der Waals surface area (Å²) in [6, 6.07) is 5.43. The van der Waals surface area contributed by atoms with Crippen molar-refractivity contribution >= 4 is 51.9 Å². The molecule has 1 fully saturated rings. The number of hydrogen-bond acceptors (Lipinski definition) is 4. The fraction of sp³-hybridized carbons (Fsp3) is 0.231. The number of hydrogen-bond donors (Lipinski definition) is 0. The maximum Gasteiger partial charge on any atom is 0.265 e. The van der Waals surface area contributed by atoms with Gasteiger partial charge < -0.3 is 4.74 Å². The van der Waals surface area contributed by atoms with E-state index in [1.165, 1.54) is 16.7 Å². The second-order valence-electron chi connectivity index (χ2n) is 3.86. The fourth-order valence-corrected chi connectivity index (χ4v) is 3.00. The topological polar surface area (TPSA) is 29.5 Å². The molecule has 0 bridgehead atoms. The number of halogens is 1. The van der Waals surface area contributed by atoms with E-state index in [0.29, 0.717) is 26.6 Å². The summed E-state index contributed by atoms with van der Waals surface area (Å²) in [6.45, 7) is 2.46. The van der Waals surface area contributed by atoms with Crippen LogP contribution in [0.2, 0.25) is 5.02 Å². The van der Waals surface area contributed by atoms with Crippen molar-refractivity contribution in [2.45, 2.75) is 6.92 Å². The van der Waals surface area contributed by atoms with Crippen LogP contribution in [0.4, 0.5) is 0 Å². The van der Waals surface area contributed by atoms with Crippen molar-refractivity contribution in [1.82, 2.24) is 4.90 Å². The van der Waals surface area contributed by atoms with E-state index >= 15 is 0 Å². The van der Waals surface area contributed by atoms with Gasteiger partial charge in [-0.1, -0.05) is 41.6 Å². The summed E-state index contributed by atoms with van der Waals surface area (Å²) in [6.07, 6.45) is 1.78. The van der Waals surface area contributed by atoms with Gasteiger partial charge in [0.25, 0.3) is 5.91 Å². The molecular weight excluding hydrogens is 302 g/mol. The first-order valence-corrected chi connectivity index (χ1v) is 7.27. The van der Waals surface area contributed by atoms with E-state index in [0.717, 1.165) is 5.56 Å². The minimum Gasteiger partial charge on any atom is -0.492 e. The summed E-state index contributed by atoms with van der Waals surface area (Å²) in [4.78, 5) is 13.9. The quantitative estimate of drug-likeness (QED) is 0.630. The highest BCUT2D eigenvalue weighted by atomic mass is 35.5. The van der Waals surface area contributed by atoms with Crippen molar-refractivity contribution in [2.24, 2.45) is 0 Å². The molecule has 1 amide bonds. The van der Waals surface area contributed by atoms with Gasteiger partial charge in [-0.15, -0.1) is 0 Å². The van der Waals surface area contributed by atoms with Crippen molar-refractivity contribution in [2.75, 3.05) is 13.7 Å². The van der Waals surface area contributed by atoms with E-state index in [9.17, 15) is 4.79 Å².